The first kappa shape index (κ1) is 19.8. The van der Waals surface area contributed by atoms with Gasteiger partial charge in [-0.15, -0.1) is 0 Å². The number of hydrogen-bond donors (Lipinski definition) is 1. The number of nitrogens with zero attached hydrogens (tertiary/aromatic N) is 1. The maximum Gasteiger partial charge on any atom is 0.244 e. The van der Waals surface area contributed by atoms with Crippen LogP contribution in [0.1, 0.15) is 58.3 Å². The number of sulfonamides is 1. The zero-order valence-corrected chi connectivity index (χ0v) is 16.1. The van der Waals surface area contributed by atoms with Crippen LogP contribution in [0.2, 0.25) is 0 Å². The molecule has 0 radical (unpaired) electrons. The molecule has 6 heteroatoms. The van der Waals surface area contributed by atoms with Crippen LogP contribution in [0.5, 0.6) is 0 Å². The molecule has 1 aromatic carbocycles. The van der Waals surface area contributed by atoms with Crippen molar-refractivity contribution in [2.24, 2.45) is 0 Å². The minimum atomic E-state index is -3.56. The van der Waals surface area contributed by atoms with Crippen molar-refractivity contribution in [2.75, 3.05) is 10.6 Å². The van der Waals surface area contributed by atoms with E-state index in [2.05, 4.69) is 5.32 Å². The van der Waals surface area contributed by atoms with Crippen LogP contribution in [0.15, 0.2) is 30.3 Å². The largest absolute Gasteiger partial charge is 0.352 e. The molecular weight excluding hydrogens is 336 g/mol. The van der Waals surface area contributed by atoms with Gasteiger partial charge >= 0.3 is 0 Å². The number of para-hydroxylation sites is 1. The summed E-state index contributed by atoms with van der Waals surface area (Å²) < 4.78 is 26.0. The van der Waals surface area contributed by atoms with E-state index in [-0.39, 0.29) is 11.9 Å². The molecule has 1 aliphatic rings. The highest BCUT2D eigenvalue weighted by Gasteiger charge is 2.32. The van der Waals surface area contributed by atoms with Gasteiger partial charge in [0.2, 0.25) is 15.9 Å². The number of carbonyl (C=O) groups excluding carboxylic acids is 1. The second kappa shape index (κ2) is 9.22. The van der Waals surface area contributed by atoms with Crippen molar-refractivity contribution in [1.29, 1.82) is 0 Å². The van der Waals surface area contributed by atoms with Gasteiger partial charge in [0, 0.05) is 6.04 Å². The third kappa shape index (κ3) is 5.73. The number of amides is 1. The molecule has 2 rings (SSSR count). The van der Waals surface area contributed by atoms with Gasteiger partial charge in [0.15, 0.2) is 0 Å². The molecule has 0 spiro atoms. The Hall–Kier alpha value is -1.56. The van der Waals surface area contributed by atoms with E-state index in [0.29, 0.717) is 12.1 Å². The molecule has 0 heterocycles. The third-order valence-electron chi connectivity index (χ3n) is 4.79. The Morgan fingerprint density at radius 1 is 1.12 bits per heavy atom. The molecular formula is C19H30N2O3S. The molecule has 140 valence electrons. The molecule has 0 unspecified atom stereocenters. The molecule has 0 bridgehead atoms. The van der Waals surface area contributed by atoms with Crippen LogP contribution in [-0.4, -0.2) is 32.7 Å². The van der Waals surface area contributed by atoms with Crippen molar-refractivity contribution in [3.8, 4) is 0 Å². The lowest BCUT2D eigenvalue weighted by Crippen LogP contribution is -2.51. The van der Waals surface area contributed by atoms with Crippen molar-refractivity contribution >= 4 is 21.6 Å². The van der Waals surface area contributed by atoms with E-state index in [9.17, 15) is 13.2 Å². The van der Waals surface area contributed by atoms with Crippen molar-refractivity contribution in [1.82, 2.24) is 5.32 Å². The zero-order valence-electron chi connectivity index (χ0n) is 15.3. The second-order valence-corrected chi connectivity index (χ2v) is 8.73. The third-order valence-corrected chi connectivity index (χ3v) is 5.97. The van der Waals surface area contributed by atoms with Gasteiger partial charge < -0.3 is 5.32 Å². The van der Waals surface area contributed by atoms with Gasteiger partial charge in [-0.05, 0) is 31.4 Å². The topological polar surface area (TPSA) is 66.5 Å². The lowest BCUT2D eigenvalue weighted by atomic mass is 9.96. The number of hydrogen-bond acceptors (Lipinski definition) is 3. The summed E-state index contributed by atoms with van der Waals surface area (Å²) in [4.78, 5) is 12.9. The zero-order chi connectivity index (χ0) is 18.3. The second-order valence-electron chi connectivity index (χ2n) is 6.87. The summed E-state index contributed by atoms with van der Waals surface area (Å²) >= 11 is 0. The molecule has 1 aromatic rings. The number of carbonyl (C=O) groups is 1. The van der Waals surface area contributed by atoms with Crippen LogP contribution in [0, 0.1) is 0 Å². The van der Waals surface area contributed by atoms with Crippen molar-refractivity contribution < 1.29 is 13.2 Å². The highest BCUT2D eigenvalue weighted by atomic mass is 32.2. The van der Waals surface area contributed by atoms with Crippen LogP contribution in [-0.2, 0) is 14.8 Å². The van der Waals surface area contributed by atoms with Gasteiger partial charge in [-0.2, -0.15) is 0 Å². The monoisotopic (exact) mass is 366 g/mol. The Kier molecular flexibility index (Phi) is 7.29. The van der Waals surface area contributed by atoms with Crippen molar-refractivity contribution in [2.45, 2.75) is 70.4 Å². The van der Waals surface area contributed by atoms with Crippen LogP contribution in [0.4, 0.5) is 5.69 Å². The lowest BCUT2D eigenvalue weighted by molar-refractivity contribution is -0.123. The van der Waals surface area contributed by atoms with Gasteiger partial charge in [0.25, 0.3) is 0 Å². The van der Waals surface area contributed by atoms with E-state index in [1.807, 2.05) is 13.0 Å². The maximum atomic E-state index is 12.9. The molecule has 0 aliphatic heterocycles. The lowest BCUT2D eigenvalue weighted by Gasteiger charge is -2.31. The molecule has 0 saturated heterocycles. The first-order valence-electron chi connectivity index (χ1n) is 9.28. The average Bonchev–Trinajstić information content (AvgIpc) is 2.54. The summed E-state index contributed by atoms with van der Waals surface area (Å²) in [6, 6.07) is 8.29. The quantitative estimate of drug-likeness (QED) is 0.838. The SMILES string of the molecule is CC[C@@H](C(=O)NC1CCCCCCC1)N(c1ccccc1)S(C)(=O)=O. The maximum absolute atomic E-state index is 12.9. The smallest absolute Gasteiger partial charge is 0.244 e. The van der Waals surface area contributed by atoms with Gasteiger partial charge in [-0.25, -0.2) is 8.42 Å². The standard InChI is InChI=1S/C19H30N2O3S/c1-3-18(19(22)20-16-12-8-5-4-6-9-13-16)21(25(2,23)24)17-14-10-7-11-15-17/h7,10-11,14-16,18H,3-6,8-9,12-13H2,1-2H3,(H,20,22)/t18-/m0/s1. The van der Waals surface area contributed by atoms with Gasteiger partial charge in [0.05, 0.1) is 11.9 Å². The van der Waals surface area contributed by atoms with Crippen molar-refractivity contribution in [3.63, 3.8) is 0 Å². The van der Waals surface area contributed by atoms with Crippen LogP contribution >= 0.6 is 0 Å². The first-order chi connectivity index (χ1) is 11.9. The predicted octanol–water partition coefficient (Wildman–Crippen LogP) is 3.46. The van der Waals surface area contributed by atoms with E-state index in [1.165, 1.54) is 23.6 Å². The van der Waals surface area contributed by atoms with Crippen LogP contribution in [0.3, 0.4) is 0 Å². The molecule has 1 N–H and O–H groups in total. The normalized spacial score (nSPS) is 18.0. The fraction of sp³-hybridized carbons (Fsp3) is 0.632. The van der Waals surface area contributed by atoms with Gasteiger partial charge in [0.1, 0.15) is 6.04 Å². The summed E-state index contributed by atoms with van der Waals surface area (Å²) in [5, 5.41) is 3.11. The number of nitrogens with one attached hydrogen (secondary N) is 1. The summed E-state index contributed by atoms with van der Waals surface area (Å²) in [6.07, 6.45) is 9.48. The summed E-state index contributed by atoms with van der Waals surface area (Å²) in [7, 11) is -3.56. The fourth-order valence-corrected chi connectivity index (χ4v) is 4.74. The van der Waals surface area contributed by atoms with E-state index in [0.717, 1.165) is 31.9 Å². The minimum Gasteiger partial charge on any atom is -0.352 e. The molecule has 0 aromatic heterocycles. The average molecular weight is 367 g/mol. The van der Waals surface area contributed by atoms with Crippen molar-refractivity contribution in [3.05, 3.63) is 30.3 Å². The molecule has 1 aliphatic carbocycles. The summed E-state index contributed by atoms with van der Waals surface area (Å²) in [6.45, 7) is 1.85. The number of rotatable bonds is 6. The Bertz CT molecular complexity index is 638. The highest BCUT2D eigenvalue weighted by molar-refractivity contribution is 7.92. The summed E-state index contributed by atoms with van der Waals surface area (Å²) in [5.41, 5.74) is 0.532. The fourth-order valence-electron chi connectivity index (χ4n) is 3.53. The van der Waals surface area contributed by atoms with Crippen LogP contribution in [0.25, 0.3) is 0 Å². The van der Waals surface area contributed by atoms with E-state index in [4.69, 9.17) is 0 Å². The number of anilines is 1. The highest BCUT2D eigenvalue weighted by Crippen LogP contribution is 2.23. The Labute approximate surface area is 151 Å². The Balaban J connectivity index is 2.17. The summed E-state index contributed by atoms with van der Waals surface area (Å²) in [5.74, 6) is -0.192. The van der Waals surface area contributed by atoms with Gasteiger partial charge in [-0.1, -0.05) is 57.2 Å². The number of benzene rings is 1. The minimum absolute atomic E-state index is 0.152. The first-order valence-corrected chi connectivity index (χ1v) is 11.1. The van der Waals surface area contributed by atoms with E-state index >= 15 is 0 Å². The van der Waals surface area contributed by atoms with Gasteiger partial charge in [-0.3, -0.25) is 9.10 Å². The molecule has 5 nitrogen and oxygen atoms in total. The predicted molar refractivity (Wildman–Crippen MR) is 102 cm³/mol. The molecule has 25 heavy (non-hydrogen) atoms. The van der Waals surface area contributed by atoms with E-state index < -0.39 is 16.1 Å². The Morgan fingerprint density at radius 2 is 1.68 bits per heavy atom. The van der Waals surface area contributed by atoms with Crippen LogP contribution < -0.4 is 9.62 Å². The van der Waals surface area contributed by atoms with E-state index in [1.54, 1.807) is 24.3 Å². The molecule has 1 saturated carbocycles. The Morgan fingerprint density at radius 3 is 2.20 bits per heavy atom. The molecule has 1 fully saturated rings. The molecule has 1 amide bonds. The molecule has 1 atom stereocenters.